The van der Waals surface area contributed by atoms with E-state index in [0.717, 1.165) is 17.5 Å². The van der Waals surface area contributed by atoms with Gasteiger partial charge in [-0.15, -0.1) is 0 Å². The fraction of sp³-hybridized carbons (Fsp3) is 0.458. The Kier molecular flexibility index (Phi) is 7.22. The topological polar surface area (TPSA) is 73.5 Å². The smallest absolute Gasteiger partial charge is 0.0994 e. The zero-order chi connectivity index (χ0) is 19.9. The van der Waals surface area contributed by atoms with E-state index in [1.165, 1.54) is 24.0 Å². The number of benzene rings is 2. The van der Waals surface area contributed by atoms with Crippen LogP contribution in [0.3, 0.4) is 0 Å². The van der Waals surface area contributed by atoms with Gasteiger partial charge >= 0.3 is 0 Å². The van der Waals surface area contributed by atoms with Gasteiger partial charge in [-0.2, -0.15) is 5.26 Å². The van der Waals surface area contributed by atoms with Gasteiger partial charge in [0, 0.05) is 12.8 Å². The highest BCUT2D eigenvalue weighted by molar-refractivity contribution is 5.44. The van der Waals surface area contributed by atoms with E-state index in [0.29, 0.717) is 24.8 Å². The summed E-state index contributed by atoms with van der Waals surface area (Å²) in [5.41, 5.74) is 5.09. The molecule has 1 heterocycles. The molecule has 0 unspecified atom stereocenters. The average molecular weight is 380 g/mol. The van der Waals surface area contributed by atoms with E-state index in [4.69, 9.17) is 4.74 Å². The minimum atomic E-state index is -0.481. The van der Waals surface area contributed by atoms with Crippen molar-refractivity contribution in [2.45, 2.75) is 63.8 Å². The quantitative estimate of drug-likeness (QED) is 0.761. The summed E-state index contributed by atoms with van der Waals surface area (Å²) in [6, 6.07) is 16.7. The number of hydrogen-bond donors (Lipinski definition) is 2. The van der Waals surface area contributed by atoms with Gasteiger partial charge in [0.25, 0.3) is 0 Å². The normalized spacial score (nSPS) is 22.0. The number of aryl methyl sites for hydroxylation is 1. The van der Waals surface area contributed by atoms with Crippen LogP contribution in [-0.2, 0) is 17.6 Å². The first-order chi connectivity index (χ1) is 13.6. The highest BCUT2D eigenvalue weighted by atomic mass is 16.5. The Labute approximate surface area is 167 Å². The lowest BCUT2D eigenvalue weighted by molar-refractivity contribution is -0.113. The number of hydrogen-bond acceptors (Lipinski definition) is 4. The highest BCUT2D eigenvalue weighted by Crippen LogP contribution is 2.32. The van der Waals surface area contributed by atoms with Crippen molar-refractivity contribution in [3.05, 3.63) is 70.3 Å². The SMILES string of the molecule is CCCCc1ccc(Cc2cc([C@H]3C[C@@H](O)C[C@@H](CO)O3)ccc2C#N)cc1. The molecule has 0 aliphatic carbocycles. The molecule has 0 amide bonds. The van der Waals surface area contributed by atoms with Crippen LogP contribution in [0.2, 0.25) is 0 Å². The van der Waals surface area contributed by atoms with Gasteiger partial charge in [0.2, 0.25) is 0 Å². The minimum Gasteiger partial charge on any atom is -0.394 e. The molecule has 4 nitrogen and oxygen atoms in total. The zero-order valence-electron chi connectivity index (χ0n) is 16.5. The van der Waals surface area contributed by atoms with Gasteiger partial charge in [-0.1, -0.05) is 49.7 Å². The number of unbranched alkanes of at least 4 members (excludes halogenated alkanes) is 1. The lowest BCUT2D eigenvalue weighted by Gasteiger charge is -2.32. The van der Waals surface area contributed by atoms with Crippen molar-refractivity contribution in [1.82, 2.24) is 0 Å². The maximum atomic E-state index is 10.1. The fourth-order valence-electron chi connectivity index (χ4n) is 3.82. The third-order valence-electron chi connectivity index (χ3n) is 5.44. The van der Waals surface area contributed by atoms with Crippen LogP contribution in [0, 0.1) is 11.3 Å². The molecule has 3 rings (SSSR count). The number of aliphatic hydroxyl groups is 2. The van der Waals surface area contributed by atoms with Crippen LogP contribution < -0.4 is 0 Å². The first kappa shape index (κ1) is 20.5. The Morgan fingerprint density at radius 1 is 1.11 bits per heavy atom. The molecular weight excluding hydrogens is 350 g/mol. The molecule has 1 aliphatic rings. The summed E-state index contributed by atoms with van der Waals surface area (Å²) in [7, 11) is 0. The van der Waals surface area contributed by atoms with Crippen molar-refractivity contribution in [3.63, 3.8) is 0 Å². The molecule has 1 fully saturated rings. The van der Waals surface area contributed by atoms with E-state index >= 15 is 0 Å². The van der Waals surface area contributed by atoms with E-state index < -0.39 is 6.10 Å². The van der Waals surface area contributed by atoms with Gasteiger partial charge in [0.1, 0.15) is 0 Å². The first-order valence-electron chi connectivity index (χ1n) is 10.2. The van der Waals surface area contributed by atoms with E-state index in [-0.39, 0.29) is 18.8 Å². The number of nitrogens with zero attached hydrogens (tertiary/aromatic N) is 1. The lowest BCUT2D eigenvalue weighted by atomic mass is 9.92. The second-order valence-corrected chi connectivity index (χ2v) is 7.68. The number of rotatable bonds is 7. The van der Waals surface area contributed by atoms with Crippen LogP contribution in [0.1, 0.15) is 66.5 Å². The van der Waals surface area contributed by atoms with Crippen LogP contribution in [0.25, 0.3) is 0 Å². The highest BCUT2D eigenvalue weighted by Gasteiger charge is 2.29. The predicted octanol–water partition coefficient (Wildman–Crippen LogP) is 4.06. The Morgan fingerprint density at radius 2 is 1.86 bits per heavy atom. The first-order valence-corrected chi connectivity index (χ1v) is 10.2. The van der Waals surface area contributed by atoms with Gasteiger partial charge in [0.15, 0.2) is 0 Å². The second kappa shape index (κ2) is 9.84. The summed E-state index contributed by atoms with van der Waals surface area (Å²) in [4.78, 5) is 0. The Balaban J connectivity index is 1.78. The summed E-state index contributed by atoms with van der Waals surface area (Å²) < 4.78 is 5.93. The number of nitriles is 1. The average Bonchev–Trinajstić information content (AvgIpc) is 2.72. The van der Waals surface area contributed by atoms with Crippen LogP contribution >= 0.6 is 0 Å². The summed E-state index contributed by atoms with van der Waals surface area (Å²) in [5, 5.41) is 29.0. The van der Waals surface area contributed by atoms with Gasteiger partial charge in [-0.3, -0.25) is 0 Å². The van der Waals surface area contributed by atoms with Gasteiger partial charge in [-0.05, 0) is 47.6 Å². The summed E-state index contributed by atoms with van der Waals surface area (Å²) in [6.45, 7) is 2.10. The molecule has 2 N–H and O–H groups in total. The van der Waals surface area contributed by atoms with Crippen LogP contribution in [-0.4, -0.2) is 29.0 Å². The molecule has 28 heavy (non-hydrogen) atoms. The maximum absolute atomic E-state index is 10.1. The third kappa shape index (κ3) is 5.20. The Bertz CT molecular complexity index is 810. The van der Waals surface area contributed by atoms with Crippen molar-refractivity contribution in [2.75, 3.05) is 6.61 Å². The fourth-order valence-corrected chi connectivity index (χ4v) is 3.82. The molecule has 4 heteroatoms. The molecule has 3 atom stereocenters. The van der Waals surface area contributed by atoms with Crippen LogP contribution in [0.4, 0.5) is 0 Å². The Morgan fingerprint density at radius 3 is 2.54 bits per heavy atom. The largest absolute Gasteiger partial charge is 0.394 e. The van der Waals surface area contributed by atoms with Crippen molar-refractivity contribution in [3.8, 4) is 6.07 Å². The lowest BCUT2D eigenvalue weighted by Crippen LogP contribution is -2.33. The molecule has 0 aromatic heterocycles. The van der Waals surface area contributed by atoms with Crippen molar-refractivity contribution >= 4 is 0 Å². The van der Waals surface area contributed by atoms with E-state index in [9.17, 15) is 15.5 Å². The summed E-state index contributed by atoms with van der Waals surface area (Å²) >= 11 is 0. The minimum absolute atomic E-state index is 0.0962. The summed E-state index contributed by atoms with van der Waals surface area (Å²) in [6.07, 6.45) is 4.05. The van der Waals surface area contributed by atoms with E-state index in [2.05, 4.69) is 37.3 Å². The van der Waals surface area contributed by atoms with Gasteiger partial charge in [0.05, 0.1) is 36.6 Å². The monoisotopic (exact) mass is 379 g/mol. The molecule has 1 saturated heterocycles. The van der Waals surface area contributed by atoms with Crippen molar-refractivity contribution in [1.29, 1.82) is 5.26 Å². The molecule has 0 spiro atoms. The molecule has 2 aromatic rings. The molecule has 0 bridgehead atoms. The molecule has 2 aromatic carbocycles. The standard InChI is InChI=1S/C24H29NO3/c1-2-3-4-17-5-7-18(8-6-17)11-21-12-19(9-10-20(21)15-25)24-14-22(27)13-23(16-26)28-24/h5-10,12,22-24,26-27H,2-4,11,13-14,16H2,1H3/t22-,23-,24+/m0/s1. The van der Waals surface area contributed by atoms with Crippen LogP contribution in [0.15, 0.2) is 42.5 Å². The van der Waals surface area contributed by atoms with Gasteiger partial charge < -0.3 is 14.9 Å². The third-order valence-corrected chi connectivity index (χ3v) is 5.44. The summed E-state index contributed by atoms with van der Waals surface area (Å²) in [5.74, 6) is 0. The molecule has 0 saturated carbocycles. The maximum Gasteiger partial charge on any atom is 0.0994 e. The zero-order valence-corrected chi connectivity index (χ0v) is 16.5. The van der Waals surface area contributed by atoms with Crippen LogP contribution in [0.5, 0.6) is 0 Å². The number of ether oxygens (including phenoxy) is 1. The van der Waals surface area contributed by atoms with E-state index in [1.54, 1.807) is 0 Å². The second-order valence-electron chi connectivity index (χ2n) is 7.68. The number of aliphatic hydroxyl groups excluding tert-OH is 2. The van der Waals surface area contributed by atoms with Gasteiger partial charge in [-0.25, -0.2) is 0 Å². The predicted molar refractivity (Wildman–Crippen MR) is 109 cm³/mol. The molecule has 0 radical (unpaired) electrons. The van der Waals surface area contributed by atoms with Crippen molar-refractivity contribution < 1.29 is 14.9 Å². The van der Waals surface area contributed by atoms with E-state index in [1.807, 2.05) is 18.2 Å². The molecular formula is C24H29NO3. The molecule has 1 aliphatic heterocycles. The molecule has 148 valence electrons. The Hall–Kier alpha value is -2.19. The van der Waals surface area contributed by atoms with Crippen molar-refractivity contribution in [2.24, 2.45) is 0 Å².